The second kappa shape index (κ2) is 4.73. The molecule has 96 valence electrons. The zero-order chi connectivity index (χ0) is 12.9. The first-order valence-electron chi connectivity index (χ1n) is 6.97. The Balaban J connectivity index is 2.26. The Kier molecular flexibility index (Phi) is 4.11. The van der Waals surface area contributed by atoms with Gasteiger partial charge in [0.2, 0.25) is 0 Å². The second-order valence-corrected chi connectivity index (χ2v) is 18.2. The van der Waals surface area contributed by atoms with Gasteiger partial charge in [-0.3, -0.25) is 0 Å². The molecule has 1 nitrogen and oxygen atoms in total. The second-order valence-electron chi connectivity index (χ2n) is 7.48. The van der Waals surface area contributed by atoms with Crippen molar-refractivity contribution in [3.63, 3.8) is 0 Å². The Morgan fingerprint density at radius 3 is 2.29 bits per heavy atom. The van der Waals surface area contributed by atoms with Gasteiger partial charge in [-0.05, 0) is 0 Å². The predicted molar refractivity (Wildman–Crippen MR) is 72.0 cm³/mol. The van der Waals surface area contributed by atoms with Gasteiger partial charge < -0.3 is 0 Å². The van der Waals surface area contributed by atoms with Crippen molar-refractivity contribution < 1.29 is 26.9 Å². The number of fused-ring (bicyclic) bond motifs is 1. The average molecular weight is 490 g/mol. The van der Waals surface area contributed by atoms with E-state index in [1.807, 2.05) is 0 Å². The van der Waals surface area contributed by atoms with Crippen LogP contribution in [0.3, 0.4) is 0 Å². The molecule has 0 bridgehead atoms. The first-order valence-corrected chi connectivity index (χ1v) is 22.1. The molecule has 1 aliphatic carbocycles. The molecule has 17 heavy (non-hydrogen) atoms. The minimum absolute atomic E-state index is 0.0901. The maximum atomic E-state index is 6.50. The monoisotopic (exact) mass is 490 g/mol. The Hall–Kier alpha value is 1.38. The van der Waals surface area contributed by atoms with Crippen molar-refractivity contribution in [2.24, 2.45) is 11.3 Å². The summed E-state index contributed by atoms with van der Waals surface area (Å²) in [6.45, 7) is 11.9. The molecule has 1 aliphatic heterocycles. The standard InChI is InChI=1S/C14H25O.BrH.Hg/c1-12(2)8-6-9-14(5)11(12)7-10-13(3,4)15-14;;/h8,11H,6-7,9-10H2,1-5H3;1H;/q;;+1/p-1/t11-,14-;;/m0../s1. The number of hydrogen-bond acceptors (Lipinski definition) is 1. The SMILES string of the molecule is CC1(C)CC[C@H]2C(C)(C)[C@@H]([Hg][Br])CC[C@]2(C)O1. The third kappa shape index (κ3) is 2.65. The summed E-state index contributed by atoms with van der Waals surface area (Å²) in [6, 6.07) is 0. The number of hydrogen-bond donors (Lipinski definition) is 0. The summed E-state index contributed by atoms with van der Waals surface area (Å²) in [5, 5.41) is 0. The molecular formula is C14H25BrHgO. The van der Waals surface area contributed by atoms with Gasteiger partial charge in [0.1, 0.15) is 0 Å². The van der Waals surface area contributed by atoms with Crippen molar-refractivity contribution in [2.75, 3.05) is 0 Å². The van der Waals surface area contributed by atoms with Gasteiger partial charge in [0.15, 0.2) is 0 Å². The molecule has 1 saturated heterocycles. The molecule has 0 aromatic rings. The maximum absolute atomic E-state index is 6.50. The van der Waals surface area contributed by atoms with Crippen molar-refractivity contribution in [1.82, 2.24) is 0 Å². The third-order valence-electron chi connectivity index (χ3n) is 5.41. The van der Waals surface area contributed by atoms with Crippen LogP contribution in [0.4, 0.5) is 0 Å². The van der Waals surface area contributed by atoms with Crippen LogP contribution in [-0.4, -0.2) is 11.2 Å². The van der Waals surface area contributed by atoms with Gasteiger partial charge in [-0.2, -0.15) is 0 Å². The van der Waals surface area contributed by atoms with Gasteiger partial charge >= 0.3 is 125 Å². The average Bonchev–Trinajstić information content (AvgIpc) is 2.14. The van der Waals surface area contributed by atoms with Gasteiger partial charge in [-0.1, -0.05) is 0 Å². The van der Waals surface area contributed by atoms with Crippen molar-refractivity contribution in [3.8, 4) is 0 Å². The van der Waals surface area contributed by atoms with Crippen LogP contribution in [0.15, 0.2) is 0 Å². The van der Waals surface area contributed by atoms with E-state index in [1.165, 1.54) is 25.7 Å². The summed E-state index contributed by atoms with van der Waals surface area (Å²) in [7, 11) is 0. The molecule has 1 heterocycles. The van der Waals surface area contributed by atoms with E-state index in [9.17, 15) is 0 Å². The van der Waals surface area contributed by atoms with Crippen molar-refractivity contribution >= 4 is 11.9 Å². The van der Waals surface area contributed by atoms with Gasteiger partial charge in [0, 0.05) is 0 Å². The molecule has 3 atom stereocenters. The molecule has 3 heteroatoms. The molecule has 2 fully saturated rings. The Morgan fingerprint density at radius 1 is 1.06 bits per heavy atom. The van der Waals surface area contributed by atoms with Crippen LogP contribution in [0.1, 0.15) is 60.3 Å². The van der Waals surface area contributed by atoms with E-state index in [4.69, 9.17) is 4.74 Å². The van der Waals surface area contributed by atoms with E-state index in [1.54, 1.807) is 0 Å². The molecular weight excluding hydrogens is 465 g/mol. The molecule has 2 rings (SSSR count). The minimum atomic E-state index is -0.809. The summed E-state index contributed by atoms with van der Waals surface area (Å²) < 4.78 is 7.52. The van der Waals surface area contributed by atoms with Crippen LogP contribution >= 0.6 is 11.9 Å². The topological polar surface area (TPSA) is 9.23 Å². The molecule has 0 unspecified atom stereocenters. The van der Waals surface area contributed by atoms with Crippen LogP contribution in [0.2, 0.25) is 3.43 Å². The van der Waals surface area contributed by atoms with E-state index in [2.05, 4.69) is 46.5 Å². The fraction of sp³-hybridized carbons (Fsp3) is 1.00. The fourth-order valence-electron chi connectivity index (χ4n) is 4.33. The molecule has 0 spiro atoms. The van der Waals surface area contributed by atoms with E-state index in [0.29, 0.717) is 5.41 Å². The quantitative estimate of drug-likeness (QED) is 0.474. The molecule has 0 radical (unpaired) electrons. The first kappa shape index (κ1) is 14.8. The Bertz CT molecular complexity index is 303. The molecule has 2 aliphatic rings. The molecule has 1 saturated carbocycles. The van der Waals surface area contributed by atoms with Crippen molar-refractivity contribution in [1.29, 1.82) is 0 Å². The van der Waals surface area contributed by atoms with Crippen LogP contribution in [-0.2, 0) is 26.9 Å². The van der Waals surface area contributed by atoms with E-state index >= 15 is 0 Å². The summed E-state index contributed by atoms with van der Waals surface area (Å²) in [4.78, 5) is 0. The van der Waals surface area contributed by atoms with Gasteiger partial charge in [0.25, 0.3) is 0 Å². The first-order chi connectivity index (χ1) is 7.71. The molecule has 0 aromatic heterocycles. The van der Waals surface area contributed by atoms with Gasteiger partial charge in [-0.25, -0.2) is 0 Å². The fourth-order valence-corrected chi connectivity index (χ4v) is 18.5. The van der Waals surface area contributed by atoms with Crippen LogP contribution < -0.4 is 0 Å². The van der Waals surface area contributed by atoms with Crippen LogP contribution in [0.25, 0.3) is 0 Å². The number of ether oxygens (including phenoxy) is 1. The number of rotatable bonds is 1. The van der Waals surface area contributed by atoms with Crippen LogP contribution in [0, 0.1) is 11.3 Å². The summed E-state index contributed by atoms with van der Waals surface area (Å²) in [5.41, 5.74) is 0.721. The van der Waals surface area contributed by atoms with Crippen molar-refractivity contribution in [2.45, 2.75) is 74.9 Å². The normalized spacial score (nSPS) is 43.6. The van der Waals surface area contributed by atoms with E-state index in [-0.39, 0.29) is 11.2 Å². The van der Waals surface area contributed by atoms with E-state index < -0.39 is 22.1 Å². The Labute approximate surface area is 124 Å². The summed E-state index contributed by atoms with van der Waals surface area (Å²) >= 11 is 3.12. The predicted octanol–water partition coefficient (Wildman–Crippen LogP) is 4.95. The molecule has 0 aromatic carbocycles. The number of halogens is 1. The summed E-state index contributed by atoms with van der Waals surface area (Å²) in [5.74, 6) is 0.763. The van der Waals surface area contributed by atoms with Crippen LogP contribution in [0.5, 0.6) is 0 Å². The molecule has 0 N–H and O–H groups in total. The van der Waals surface area contributed by atoms with E-state index in [0.717, 1.165) is 9.34 Å². The summed E-state index contributed by atoms with van der Waals surface area (Å²) in [6.07, 6.45) is 5.25. The molecule has 0 amide bonds. The zero-order valence-electron chi connectivity index (χ0n) is 12.0. The third-order valence-corrected chi connectivity index (χ3v) is 19.4. The van der Waals surface area contributed by atoms with Crippen molar-refractivity contribution in [3.05, 3.63) is 0 Å². The zero-order valence-corrected chi connectivity index (χ0v) is 19.1. The Morgan fingerprint density at radius 2 is 1.71 bits per heavy atom. The van der Waals surface area contributed by atoms with Gasteiger partial charge in [-0.15, -0.1) is 0 Å². The van der Waals surface area contributed by atoms with Gasteiger partial charge in [0.05, 0.1) is 0 Å².